The van der Waals surface area contributed by atoms with Crippen LogP contribution in [0.1, 0.15) is 12.6 Å². The van der Waals surface area contributed by atoms with Crippen LogP contribution in [-0.2, 0) is 13.6 Å². The van der Waals surface area contributed by atoms with Crippen LogP contribution in [0.25, 0.3) is 0 Å². The Morgan fingerprint density at radius 3 is 2.83 bits per heavy atom. The summed E-state index contributed by atoms with van der Waals surface area (Å²) in [6.45, 7) is 2.96. The average molecular weight is 267 g/mol. The van der Waals surface area contributed by atoms with Crippen molar-refractivity contribution in [3.05, 3.63) is 38.8 Å². The van der Waals surface area contributed by atoms with Gasteiger partial charge in [-0.1, -0.05) is 4.49 Å². The molecule has 0 saturated heterocycles. The fraction of sp³-hybridized carbons (Fsp3) is 0.400. The maximum atomic E-state index is 11.7. The largest absolute Gasteiger partial charge is 0.374 e. The molecule has 0 aromatic carbocycles. The highest BCUT2D eigenvalue weighted by molar-refractivity contribution is 7.10. The van der Waals surface area contributed by atoms with Gasteiger partial charge < -0.3 is 14.5 Å². The first-order valence-electron chi connectivity index (χ1n) is 5.44. The van der Waals surface area contributed by atoms with Crippen LogP contribution in [0.3, 0.4) is 0 Å². The van der Waals surface area contributed by atoms with Crippen molar-refractivity contribution in [1.29, 1.82) is 0 Å². The van der Waals surface area contributed by atoms with E-state index in [1.807, 2.05) is 6.92 Å². The molecule has 8 heteroatoms. The summed E-state index contributed by atoms with van der Waals surface area (Å²) < 4.78 is 6.42. The Labute approximate surface area is 107 Å². The van der Waals surface area contributed by atoms with Crippen LogP contribution >= 0.6 is 11.5 Å². The van der Waals surface area contributed by atoms with Gasteiger partial charge in [0.05, 0.1) is 6.54 Å². The maximum Gasteiger partial charge on any atom is 0.316 e. The molecule has 0 bridgehead atoms. The zero-order chi connectivity index (χ0) is 13.1. The van der Waals surface area contributed by atoms with Gasteiger partial charge in [-0.05, 0) is 6.92 Å². The molecule has 0 fully saturated rings. The van der Waals surface area contributed by atoms with E-state index in [9.17, 15) is 9.59 Å². The Morgan fingerprint density at radius 2 is 2.11 bits per heavy atom. The van der Waals surface area contributed by atoms with Gasteiger partial charge in [0.2, 0.25) is 0 Å². The van der Waals surface area contributed by atoms with E-state index in [1.54, 1.807) is 19.4 Å². The second kappa shape index (κ2) is 5.13. The van der Waals surface area contributed by atoms with E-state index >= 15 is 0 Å². The Bertz CT molecular complexity index is 657. The SMILES string of the molecule is CCNc1snnc1Cn1ccn(C)c(=O)c1=O. The number of rotatable bonds is 4. The zero-order valence-corrected chi connectivity index (χ0v) is 10.9. The molecule has 2 aromatic rings. The molecule has 2 rings (SSSR count). The first kappa shape index (κ1) is 12.5. The summed E-state index contributed by atoms with van der Waals surface area (Å²) >= 11 is 1.24. The first-order chi connectivity index (χ1) is 8.63. The molecule has 0 aliphatic heterocycles. The maximum absolute atomic E-state index is 11.7. The molecule has 7 nitrogen and oxygen atoms in total. The molecule has 2 heterocycles. The molecule has 96 valence electrons. The Morgan fingerprint density at radius 1 is 1.33 bits per heavy atom. The molecule has 0 atom stereocenters. The van der Waals surface area contributed by atoms with Gasteiger partial charge in [-0.25, -0.2) is 0 Å². The van der Waals surface area contributed by atoms with Crippen molar-refractivity contribution in [2.75, 3.05) is 11.9 Å². The normalized spacial score (nSPS) is 10.6. The Hall–Kier alpha value is -1.96. The van der Waals surface area contributed by atoms with Gasteiger partial charge in [-0.3, -0.25) is 9.59 Å². The van der Waals surface area contributed by atoms with Gasteiger partial charge in [-0.2, -0.15) is 0 Å². The molecule has 18 heavy (non-hydrogen) atoms. The Kier molecular flexibility index (Phi) is 3.56. The summed E-state index contributed by atoms with van der Waals surface area (Å²) in [6.07, 6.45) is 3.12. The Balaban J connectivity index is 2.35. The quantitative estimate of drug-likeness (QED) is 0.781. The number of anilines is 1. The highest BCUT2D eigenvalue weighted by atomic mass is 32.1. The third-order valence-corrected chi connectivity index (χ3v) is 3.17. The number of hydrogen-bond acceptors (Lipinski definition) is 6. The molecule has 0 unspecified atom stereocenters. The van der Waals surface area contributed by atoms with Crippen LogP contribution in [0.2, 0.25) is 0 Å². The van der Waals surface area contributed by atoms with E-state index in [1.165, 1.54) is 20.7 Å². The second-order valence-electron chi connectivity index (χ2n) is 3.73. The third-order valence-electron chi connectivity index (χ3n) is 2.45. The highest BCUT2D eigenvalue weighted by Gasteiger charge is 2.10. The van der Waals surface area contributed by atoms with Crippen molar-refractivity contribution in [3.8, 4) is 0 Å². The lowest BCUT2D eigenvalue weighted by molar-refractivity contribution is 0.683. The third kappa shape index (κ3) is 2.33. The van der Waals surface area contributed by atoms with Crippen LogP contribution in [0, 0.1) is 0 Å². The minimum Gasteiger partial charge on any atom is -0.374 e. The molecule has 0 spiro atoms. The van der Waals surface area contributed by atoms with Crippen molar-refractivity contribution >= 4 is 16.5 Å². The van der Waals surface area contributed by atoms with Crippen molar-refractivity contribution in [2.24, 2.45) is 7.05 Å². The molecule has 0 saturated carbocycles. The lowest BCUT2D eigenvalue weighted by Crippen LogP contribution is -2.39. The predicted molar refractivity (Wildman–Crippen MR) is 69.1 cm³/mol. The summed E-state index contributed by atoms with van der Waals surface area (Å²) in [5, 5.41) is 7.90. The number of hydrogen-bond donors (Lipinski definition) is 1. The van der Waals surface area contributed by atoms with E-state index in [2.05, 4.69) is 14.9 Å². The number of aryl methyl sites for hydroxylation is 1. The van der Waals surface area contributed by atoms with Gasteiger partial charge in [0.25, 0.3) is 0 Å². The van der Waals surface area contributed by atoms with Crippen molar-refractivity contribution in [1.82, 2.24) is 18.7 Å². The molecule has 0 aliphatic rings. The van der Waals surface area contributed by atoms with Crippen LogP contribution in [0.15, 0.2) is 22.0 Å². The van der Waals surface area contributed by atoms with Gasteiger partial charge in [-0.15, -0.1) is 5.10 Å². The zero-order valence-electron chi connectivity index (χ0n) is 10.1. The van der Waals surface area contributed by atoms with Crippen molar-refractivity contribution in [3.63, 3.8) is 0 Å². The van der Waals surface area contributed by atoms with Gasteiger partial charge in [0.1, 0.15) is 10.7 Å². The summed E-state index contributed by atoms with van der Waals surface area (Å²) in [5.41, 5.74) is -0.446. The average Bonchev–Trinajstić information content (AvgIpc) is 2.78. The second-order valence-corrected chi connectivity index (χ2v) is 4.48. The molecule has 1 N–H and O–H groups in total. The van der Waals surface area contributed by atoms with E-state index in [4.69, 9.17) is 0 Å². The van der Waals surface area contributed by atoms with E-state index in [0.717, 1.165) is 11.5 Å². The lowest BCUT2D eigenvalue weighted by Gasteiger charge is -2.05. The van der Waals surface area contributed by atoms with Crippen LogP contribution in [0.4, 0.5) is 5.00 Å². The summed E-state index contributed by atoms with van der Waals surface area (Å²) in [5.74, 6) is 0. The molecule has 0 radical (unpaired) electrons. The number of aromatic nitrogens is 4. The van der Waals surface area contributed by atoms with Gasteiger partial charge in [0.15, 0.2) is 0 Å². The minimum atomic E-state index is -0.560. The van der Waals surface area contributed by atoms with E-state index in [-0.39, 0.29) is 6.54 Å². The lowest BCUT2D eigenvalue weighted by atomic mass is 10.4. The summed E-state index contributed by atoms with van der Waals surface area (Å²) in [6, 6.07) is 0. The highest BCUT2D eigenvalue weighted by Crippen LogP contribution is 2.17. The van der Waals surface area contributed by atoms with Crippen LogP contribution < -0.4 is 16.4 Å². The topological polar surface area (TPSA) is 81.8 Å². The first-order valence-corrected chi connectivity index (χ1v) is 6.22. The van der Waals surface area contributed by atoms with Crippen LogP contribution in [0.5, 0.6) is 0 Å². The van der Waals surface area contributed by atoms with Crippen molar-refractivity contribution < 1.29 is 0 Å². The molecular formula is C10H13N5O2S. The van der Waals surface area contributed by atoms with Crippen molar-refractivity contribution in [2.45, 2.75) is 13.5 Å². The minimum absolute atomic E-state index is 0.244. The van der Waals surface area contributed by atoms with Crippen LogP contribution in [-0.4, -0.2) is 25.3 Å². The fourth-order valence-corrected chi connectivity index (χ4v) is 2.12. The molecule has 0 amide bonds. The number of nitrogens with one attached hydrogen (secondary N) is 1. The predicted octanol–water partition coefficient (Wildman–Crippen LogP) is -0.121. The monoisotopic (exact) mass is 267 g/mol. The summed E-state index contributed by atoms with van der Waals surface area (Å²) in [7, 11) is 1.54. The van der Waals surface area contributed by atoms with Gasteiger partial charge >= 0.3 is 11.1 Å². The fourth-order valence-electron chi connectivity index (χ4n) is 1.48. The standard InChI is InChI=1S/C10H13N5O2S/c1-3-11-8-7(12-13-18-8)6-15-5-4-14(2)9(16)10(15)17/h4-5,11H,3,6H2,1-2H3. The number of nitrogens with zero attached hydrogens (tertiary/aromatic N) is 4. The summed E-state index contributed by atoms with van der Waals surface area (Å²) in [4.78, 5) is 23.3. The van der Waals surface area contributed by atoms with E-state index in [0.29, 0.717) is 5.69 Å². The smallest absolute Gasteiger partial charge is 0.316 e. The van der Waals surface area contributed by atoms with Gasteiger partial charge in [0, 0.05) is 37.5 Å². The molecule has 2 aromatic heterocycles. The molecular weight excluding hydrogens is 254 g/mol. The van der Waals surface area contributed by atoms with E-state index < -0.39 is 11.1 Å². The molecule has 0 aliphatic carbocycles.